The first kappa shape index (κ1) is 20.1. The van der Waals surface area contributed by atoms with Gasteiger partial charge in [0, 0.05) is 5.02 Å². The predicted octanol–water partition coefficient (Wildman–Crippen LogP) is 3.27. The molecule has 138 valence electrons. The summed E-state index contributed by atoms with van der Waals surface area (Å²) in [5.74, 6) is 0.0814. The largest absolute Gasteiger partial charge is 0.484 e. The molecule has 0 atom stereocenters. The normalized spacial score (nSPS) is 10.1. The molecular formula is C18H18BrClN2O4. The van der Waals surface area contributed by atoms with Gasteiger partial charge in [0.2, 0.25) is 0 Å². The molecule has 2 rings (SSSR count). The van der Waals surface area contributed by atoms with Crippen LogP contribution in [-0.4, -0.2) is 25.0 Å². The van der Waals surface area contributed by atoms with Gasteiger partial charge in [0.05, 0.1) is 4.47 Å². The Balaban J connectivity index is 1.70. The zero-order valence-electron chi connectivity index (χ0n) is 14.1. The zero-order chi connectivity index (χ0) is 18.9. The van der Waals surface area contributed by atoms with E-state index in [2.05, 4.69) is 26.8 Å². The lowest BCUT2D eigenvalue weighted by Crippen LogP contribution is -2.45. The van der Waals surface area contributed by atoms with E-state index in [0.29, 0.717) is 21.0 Å². The van der Waals surface area contributed by atoms with Crippen LogP contribution in [0, 0.1) is 0 Å². The average Bonchev–Trinajstić information content (AvgIpc) is 2.64. The average molecular weight is 442 g/mol. The number of benzene rings is 2. The van der Waals surface area contributed by atoms with Crippen molar-refractivity contribution >= 4 is 39.3 Å². The molecule has 0 spiro atoms. The summed E-state index contributed by atoms with van der Waals surface area (Å²) >= 11 is 9.12. The summed E-state index contributed by atoms with van der Waals surface area (Å²) in [5, 5.41) is 0.547. The van der Waals surface area contributed by atoms with Crippen LogP contribution in [0.25, 0.3) is 0 Å². The zero-order valence-corrected chi connectivity index (χ0v) is 16.4. The predicted molar refractivity (Wildman–Crippen MR) is 102 cm³/mol. The van der Waals surface area contributed by atoms with Crippen LogP contribution < -0.4 is 20.3 Å². The molecule has 2 N–H and O–H groups in total. The topological polar surface area (TPSA) is 76.7 Å². The van der Waals surface area contributed by atoms with Crippen LogP contribution in [0.3, 0.4) is 0 Å². The van der Waals surface area contributed by atoms with Crippen molar-refractivity contribution < 1.29 is 19.1 Å². The van der Waals surface area contributed by atoms with E-state index >= 15 is 0 Å². The molecule has 0 radical (unpaired) electrons. The Hall–Kier alpha value is -2.25. The molecule has 0 saturated carbocycles. The fourth-order valence-electron chi connectivity index (χ4n) is 1.95. The summed E-state index contributed by atoms with van der Waals surface area (Å²) in [7, 11) is 0. The highest BCUT2D eigenvalue weighted by Gasteiger charge is 2.08. The van der Waals surface area contributed by atoms with Crippen molar-refractivity contribution in [2.24, 2.45) is 0 Å². The van der Waals surface area contributed by atoms with Crippen LogP contribution in [0.5, 0.6) is 11.5 Å². The highest BCUT2D eigenvalue weighted by Crippen LogP contribution is 2.27. The lowest BCUT2D eigenvalue weighted by Gasteiger charge is -2.11. The molecule has 6 nitrogen and oxygen atoms in total. The number of aryl methyl sites for hydroxylation is 1. The van der Waals surface area contributed by atoms with E-state index < -0.39 is 11.8 Å². The molecule has 0 aliphatic carbocycles. The van der Waals surface area contributed by atoms with Gasteiger partial charge in [0.1, 0.15) is 11.5 Å². The quantitative estimate of drug-likeness (QED) is 0.647. The number of halogens is 2. The van der Waals surface area contributed by atoms with E-state index in [4.69, 9.17) is 21.1 Å². The molecule has 26 heavy (non-hydrogen) atoms. The van der Waals surface area contributed by atoms with Crippen LogP contribution in [0.1, 0.15) is 12.5 Å². The molecule has 0 saturated heterocycles. The van der Waals surface area contributed by atoms with Crippen molar-refractivity contribution in [1.82, 2.24) is 10.9 Å². The number of hydrogen-bond donors (Lipinski definition) is 2. The number of amides is 2. The Bertz CT molecular complexity index is 786. The van der Waals surface area contributed by atoms with Crippen LogP contribution in [0.15, 0.2) is 46.9 Å². The highest BCUT2D eigenvalue weighted by molar-refractivity contribution is 9.10. The third-order valence-corrected chi connectivity index (χ3v) is 4.13. The van der Waals surface area contributed by atoms with Gasteiger partial charge in [0.25, 0.3) is 11.8 Å². The Morgan fingerprint density at radius 2 is 1.73 bits per heavy atom. The van der Waals surface area contributed by atoms with Crippen LogP contribution in [-0.2, 0) is 16.0 Å². The SMILES string of the molecule is CCc1cccc(OCC(=O)NNC(=O)COc2ccc(Cl)cc2Br)c1. The van der Waals surface area contributed by atoms with Gasteiger partial charge in [-0.1, -0.05) is 30.7 Å². The molecule has 2 aromatic carbocycles. The minimum Gasteiger partial charge on any atom is -0.484 e. The second kappa shape index (κ2) is 10.0. The van der Waals surface area contributed by atoms with E-state index in [0.717, 1.165) is 12.0 Å². The van der Waals surface area contributed by atoms with Gasteiger partial charge in [-0.2, -0.15) is 0 Å². The van der Waals surface area contributed by atoms with Crippen molar-refractivity contribution in [3.8, 4) is 11.5 Å². The maximum Gasteiger partial charge on any atom is 0.276 e. The Kier molecular flexibility index (Phi) is 7.74. The standard InChI is InChI=1S/C18H18BrClN2O4/c1-2-12-4-3-5-14(8-12)25-10-17(23)21-22-18(24)11-26-16-7-6-13(20)9-15(16)19/h3-9H,2,10-11H2,1H3,(H,21,23)(H,22,24). The van der Waals surface area contributed by atoms with Gasteiger partial charge >= 0.3 is 0 Å². The van der Waals surface area contributed by atoms with Crippen LogP contribution in [0.4, 0.5) is 0 Å². The van der Waals surface area contributed by atoms with E-state index in [-0.39, 0.29) is 13.2 Å². The summed E-state index contributed by atoms with van der Waals surface area (Å²) < 4.78 is 11.4. The Morgan fingerprint density at radius 3 is 2.38 bits per heavy atom. The van der Waals surface area contributed by atoms with Crippen molar-refractivity contribution in [3.05, 3.63) is 57.5 Å². The van der Waals surface area contributed by atoms with Crippen molar-refractivity contribution in [1.29, 1.82) is 0 Å². The monoisotopic (exact) mass is 440 g/mol. The van der Waals surface area contributed by atoms with Crippen LogP contribution in [0.2, 0.25) is 5.02 Å². The molecule has 0 fully saturated rings. The lowest BCUT2D eigenvalue weighted by atomic mass is 10.2. The number of hydrogen-bond acceptors (Lipinski definition) is 4. The molecule has 0 aliphatic heterocycles. The third-order valence-electron chi connectivity index (χ3n) is 3.27. The summed E-state index contributed by atoms with van der Waals surface area (Å²) in [4.78, 5) is 23.5. The fourth-order valence-corrected chi connectivity index (χ4v) is 2.75. The molecule has 8 heteroatoms. The second-order valence-corrected chi connectivity index (χ2v) is 6.54. The first-order valence-corrected chi connectivity index (χ1v) is 9.02. The summed E-state index contributed by atoms with van der Waals surface area (Å²) in [5.41, 5.74) is 5.64. The number of hydrazine groups is 1. The number of carbonyl (C=O) groups excluding carboxylic acids is 2. The molecule has 2 amide bonds. The highest BCUT2D eigenvalue weighted by atomic mass is 79.9. The van der Waals surface area contributed by atoms with Gasteiger partial charge in [0.15, 0.2) is 13.2 Å². The summed E-state index contributed by atoms with van der Waals surface area (Å²) in [6, 6.07) is 12.4. The number of rotatable bonds is 7. The number of carbonyl (C=O) groups is 2. The maximum absolute atomic E-state index is 11.7. The maximum atomic E-state index is 11.7. The van der Waals surface area contributed by atoms with Gasteiger partial charge in [-0.3, -0.25) is 20.4 Å². The molecule has 0 unspecified atom stereocenters. The van der Waals surface area contributed by atoms with E-state index in [1.54, 1.807) is 24.3 Å². The van der Waals surface area contributed by atoms with Gasteiger partial charge < -0.3 is 9.47 Å². The van der Waals surface area contributed by atoms with Crippen molar-refractivity contribution in [2.45, 2.75) is 13.3 Å². The number of nitrogens with one attached hydrogen (secondary N) is 2. The molecule has 2 aromatic rings. The summed E-state index contributed by atoms with van der Waals surface area (Å²) in [6.07, 6.45) is 0.878. The molecular weight excluding hydrogens is 424 g/mol. The lowest BCUT2D eigenvalue weighted by molar-refractivity contribution is -0.131. The van der Waals surface area contributed by atoms with Gasteiger partial charge in [-0.15, -0.1) is 0 Å². The second-order valence-electron chi connectivity index (χ2n) is 5.25. The summed E-state index contributed by atoms with van der Waals surface area (Å²) in [6.45, 7) is 1.56. The Morgan fingerprint density at radius 1 is 1.04 bits per heavy atom. The molecule has 0 heterocycles. The van der Waals surface area contributed by atoms with Crippen molar-refractivity contribution in [2.75, 3.05) is 13.2 Å². The van der Waals surface area contributed by atoms with E-state index in [9.17, 15) is 9.59 Å². The van der Waals surface area contributed by atoms with Gasteiger partial charge in [-0.05, 0) is 58.2 Å². The van der Waals surface area contributed by atoms with Crippen LogP contribution >= 0.6 is 27.5 Å². The molecule has 0 bridgehead atoms. The smallest absolute Gasteiger partial charge is 0.276 e. The van der Waals surface area contributed by atoms with E-state index in [1.807, 2.05) is 25.1 Å². The number of ether oxygens (including phenoxy) is 2. The molecule has 0 aromatic heterocycles. The van der Waals surface area contributed by atoms with Gasteiger partial charge in [-0.25, -0.2) is 0 Å². The first-order valence-electron chi connectivity index (χ1n) is 7.85. The van der Waals surface area contributed by atoms with E-state index in [1.165, 1.54) is 0 Å². The fraction of sp³-hybridized carbons (Fsp3) is 0.222. The minimum atomic E-state index is -0.506. The first-order chi connectivity index (χ1) is 12.5. The van der Waals surface area contributed by atoms with Crippen molar-refractivity contribution in [3.63, 3.8) is 0 Å². The Labute approximate surface area is 164 Å². The third kappa shape index (κ3) is 6.57. The minimum absolute atomic E-state index is 0.211. The molecule has 0 aliphatic rings.